The van der Waals surface area contributed by atoms with Crippen molar-refractivity contribution in [2.24, 2.45) is 0 Å². The molecule has 1 aromatic heterocycles. The van der Waals surface area contributed by atoms with Crippen LogP contribution in [0.3, 0.4) is 0 Å². The maximum Gasteiger partial charge on any atom is 0.313 e. The van der Waals surface area contributed by atoms with E-state index < -0.39 is 5.97 Å². The number of pyridine rings is 1. The molecule has 0 atom stereocenters. The fraction of sp³-hybridized carbons (Fsp3) is 0.222. The Hall–Kier alpha value is -1.08. The quantitative estimate of drug-likeness (QED) is 0.864. The summed E-state index contributed by atoms with van der Waals surface area (Å²) in [5, 5.41) is 11.0. The molecule has 1 heterocycles. The summed E-state index contributed by atoms with van der Waals surface area (Å²) in [5.41, 5.74) is 0. The van der Waals surface area contributed by atoms with E-state index >= 15 is 0 Å². The molecular weight excluding hydrogens is 296 g/mol. The molecule has 16 heavy (non-hydrogen) atoms. The highest BCUT2D eigenvalue weighted by Crippen LogP contribution is 2.18. The standard InChI is InChI=1S/C9H9BrN2O3S/c10-6-2-1-3-11-9(6)12-7(13)4-16-5-8(14)15/h1-3H,4-5H2,(H,14,15)(H,11,12,13). The van der Waals surface area contributed by atoms with Gasteiger partial charge in [-0.3, -0.25) is 9.59 Å². The second-order valence-corrected chi connectivity index (χ2v) is 4.61. The van der Waals surface area contributed by atoms with Gasteiger partial charge in [-0.05, 0) is 28.1 Å². The molecule has 1 rings (SSSR count). The van der Waals surface area contributed by atoms with Crippen LogP contribution in [0.25, 0.3) is 0 Å². The minimum atomic E-state index is -0.934. The van der Waals surface area contributed by atoms with E-state index in [1.54, 1.807) is 18.3 Å². The maximum absolute atomic E-state index is 11.4. The van der Waals surface area contributed by atoms with Crippen LogP contribution in [-0.4, -0.2) is 33.5 Å². The number of halogens is 1. The van der Waals surface area contributed by atoms with Gasteiger partial charge in [0, 0.05) is 6.20 Å². The number of carbonyl (C=O) groups excluding carboxylic acids is 1. The molecule has 0 aliphatic heterocycles. The molecule has 0 aromatic carbocycles. The fourth-order valence-electron chi connectivity index (χ4n) is 0.877. The Kier molecular flexibility index (Phi) is 5.27. The van der Waals surface area contributed by atoms with Gasteiger partial charge in [-0.15, -0.1) is 11.8 Å². The second-order valence-electron chi connectivity index (χ2n) is 2.77. The molecule has 1 aromatic rings. The van der Waals surface area contributed by atoms with Crippen LogP contribution in [-0.2, 0) is 9.59 Å². The minimum Gasteiger partial charge on any atom is -0.481 e. The number of carbonyl (C=O) groups is 2. The average Bonchev–Trinajstić information content (AvgIpc) is 2.21. The molecule has 7 heteroatoms. The lowest BCUT2D eigenvalue weighted by Crippen LogP contribution is -2.16. The zero-order valence-electron chi connectivity index (χ0n) is 8.14. The predicted molar refractivity (Wildman–Crippen MR) is 65.5 cm³/mol. The second kappa shape index (κ2) is 6.49. The van der Waals surface area contributed by atoms with E-state index in [0.717, 1.165) is 11.8 Å². The first kappa shape index (κ1) is 13.0. The fourth-order valence-corrected chi connectivity index (χ4v) is 1.77. The smallest absolute Gasteiger partial charge is 0.313 e. The number of carboxylic acid groups (broad SMARTS) is 1. The molecule has 0 unspecified atom stereocenters. The van der Waals surface area contributed by atoms with Crippen LogP contribution in [0.2, 0.25) is 0 Å². The zero-order chi connectivity index (χ0) is 12.0. The molecule has 0 radical (unpaired) electrons. The number of thioether (sulfide) groups is 1. The van der Waals surface area contributed by atoms with Crippen LogP contribution in [0.4, 0.5) is 5.82 Å². The van der Waals surface area contributed by atoms with Crippen LogP contribution in [0.1, 0.15) is 0 Å². The van der Waals surface area contributed by atoms with Crippen LogP contribution in [0, 0.1) is 0 Å². The van der Waals surface area contributed by atoms with Gasteiger partial charge >= 0.3 is 5.97 Å². The van der Waals surface area contributed by atoms with Gasteiger partial charge < -0.3 is 10.4 Å². The Morgan fingerprint density at radius 2 is 2.25 bits per heavy atom. The number of rotatable bonds is 5. The summed E-state index contributed by atoms with van der Waals surface area (Å²) in [6, 6.07) is 3.49. The molecule has 5 nitrogen and oxygen atoms in total. The molecule has 0 aliphatic carbocycles. The van der Waals surface area contributed by atoms with Crippen LogP contribution in [0.5, 0.6) is 0 Å². The van der Waals surface area contributed by atoms with Gasteiger partial charge in [-0.25, -0.2) is 4.98 Å². The number of carboxylic acids is 1. The Morgan fingerprint density at radius 3 is 2.88 bits per heavy atom. The highest BCUT2D eigenvalue weighted by molar-refractivity contribution is 9.10. The number of nitrogens with one attached hydrogen (secondary N) is 1. The number of amides is 1. The number of aromatic nitrogens is 1. The number of anilines is 1. The zero-order valence-corrected chi connectivity index (χ0v) is 10.5. The molecule has 0 aliphatic rings. The first-order chi connectivity index (χ1) is 7.59. The van der Waals surface area contributed by atoms with Crippen LogP contribution >= 0.6 is 27.7 Å². The normalized spacial score (nSPS) is 9.81. The van der Waals surface area contributed by atoms with E-state index in [-0.39, 0.29) is 17.4 Å². The van der Waals surface area contributed by atoms with Gasteiger partial charge in [0.2, 0.25) is 5.91 Å². The maximum atomic E-state index is 11.4. The molecule has 0 bridgehead atoms. The van der Waals surface area contributed by atoms with Crippen molar-refractivity contribution >= 4 is 45.4 Å². The molecule has 0 fully saturated rings. The molecular formula is C9H9BrN2O3S. The van der Waals surface area contributed by atoms with Gasteiger partial charge in [0.25, 0.3) is 0 Å². The van der Waals surface area contributed by atoms with Crippen LogP contribution < -0.4 is 5.32 Å². The molecule has 0 saturated heterocycles. The van der Waals surface area contributed by atoms with Crippen molar-refractivity contribution < 1.29 is 14.7 Å². The van der Waals surface area contributed by atoms with Gasteiger partial charge in [0.15, 0.2) is 0 Å². The lowest BCUT2D eigenvalue weighted by Gasteiger charge is -2.04. The van der Waals surface area contributed by atoms with E-state index in [1.807, 2.05) is 0 Å². The summed E-state index contributed by atoms with van der Waals surface area (Å²) < 4.78 is 0.687. The molecule has 0 spiro atoms. The predicted octanol–water partition coefficient (Wildman–Crippen LogP) is 1.60. The van der Waals surface area contributed by atoms with Crippen molar-refractivity contribution in [3.05, 3.63) is 22.8 Å². The van der Waals surface area contributed by atoms with E-state index in [2.05, 4.69) is 26.2 Å². The van der Waals surface area contributed by atoms with E-state index in [4.69, 9.17) is 5.11 Å². The summed E-state index contributed by atoms with van der Waals surface area (Å²) in [4.78, 5) is 25.5. The summed E-state index contributed by atoms with van der Waals surface area (Å²) in [5.74, 6) is -0.766. The van der Waals surface area contributed by atoms with Crippen molar-refractivity contribution in [2.45, 2.75) is 0 Å². The summed E-state index contributed by atoms with van der Waals surface area (Å²) >= 11 is 4.28. The van der Waals surface area contributed by atoms with Gasteiger partial charge in [-0.2, -0.15) is 0 Å². The Labute approximate surface area is 105 Å². The highest BCUT2D eigenvalue weighted by atomic mass is 79.9. The minimum absolute atomic E-state index is 0.0865. The molecule has 1 amide bonds. The number of hydrogen-bond acceptors (Lipinski definition) is 4. The van der Waals surface area contributed by atoms with Crippen molar-refractivity contribution in [3.8, 4) is 0 Å². The molecule has 2 N–H and O–H groups in total. The third-order valence-corrected chi connectivity index (χ3v) is 3.03. The first-order valence-electron chi connectivity index (χ1n) is 4.29. The Morgan fingerprint density at radius 1 is 1.50 bits per heavy atom. The van der Waals surface area contributed by atoms with Crippen LogP contribution in [0.15, 0.2) is 22.8 Å². The Balaban J connectivity index is 2.40. The largest absolute Gasteiger partial charge is 0.481 e. The number of nitrogens with zero attached hydrogens (tertiary/aromatic N) is 1. The number of aliphatic carboxylic acids is 1. The van der Waals surface area contributed by atoms with E-state index in [9.17, 15) is 9.59 Å². The third-order valence-electron chi connectivity index (χ3n) is 1.47. The van der Waals surface area contributed by atoms with E-state index in [1.165, 1.54) is 0 Å². The monoisotopic (exact) mass is 304 g/mol. The third kappa shape index (κ3) is 4.63. The number of hydrogen-bond donors (Lipinski definition) is 2. The van der Waals surface area contributed by atoms with Gasteiger partial charge in [-0.1, -0.05) is 0 Å². The van der Waals surface area contributed by atoms with Gasteiger partial charge in [0.1, 0.15) is 5.82 Å². The summed E-state index contributed by atoms with van der Waals surface area (Å²) in [6.07, 6.45) is 1.56. The lowest BCUT2D eigenvalue weighted by atomic mass is 10.4. The summed E-state index contributed by atoms with van der Waals surface area (Å²) in [7, 11) is 0. The summed E-state index contributed by atoms with van der Waals surface area (Å²) in [6.45, 7) is 0. The topological polar surface area (TPSA) is 79.3 Å². The van der Waals surface area contributed by atoms with Crippen molar-refractivity contribution in [3.63, 3.8) is 0 Å². The lowest BCUT2D eigenvalue weighted by molar-refractivity contribution is -0.133. The van der Waals surface area contributed by atoms with Crippen molar-refractivity contribution in [1.29, 1.82) is 0 Å². The van der Waals surface area contributed by atoms with Gasteiger partial charge in [0.05, 0.1) is 16.0 Å². The van der Waals surface area contributed by atoms with E-state index in [0.29, 0.717) is 10.3 Å². The van der Waals surface area contributed by atoms with Crippen molar-refractivity contribution in [1.82, 2.24) is 4.98 Å². The van der Waals surface area contributed by atoms with Crippen molar-refractivity contribution in [2.75, 3.05) is 16.8 Å². The molecule has 86 valence electrons. The highest BCUT2D eigenvalue weighted by Gasteiger charge is 2.07. The first-order valence-corrected chi connectivity index (χ1v) is 6.24. The average molecular weight is 305 g/mol. The molecule has 0 saturated carbocycles. The SMILES string of the molecule is O=C(O)CSCC(=O)Nc1ncccc1Br. The Bertz CT molecular complexity index is 400.